The molecule has 2 aliphatic heterocycles. The fraction of sp³-hybridized carbons (Fsp3) is 0.400. The Hall–Kier alpha value is -3.19. The van der Waals surface area contributed by atoms with Crippen LogP contribution in [-0.4, -0.2) is 49.4 Å². The molecule has 4 rings (SSSR count). The largest absolute Gasteiger partial charge is 0.497 e. The van der Waals surface area contributed by atoms with Crippen LogP contribution in [0.5, 0.6) is 5.75 Å². The van der Waals surface area contributed by atoms with E-state index in [2.05, 4.69) is 22.3 Å². The summed E-state index contributed by atoms with van der Waals surface area (Å²) in [7, 11) is 1.65. The number of carbonyl (C=O) groups excluding carboxylic acids is 3. The molecule has 2 heterocycles. The second-order valence-corrected chi connectivity index (χ2v) is 8.27. The standard InChI is InChI=1S/C25H29N3O4/c1-32-21-10-8-18(9-11-21)22(27-14-3-2-4-15-27)17-26-25(31)19-6-5-7-20(16-19)28-23(29)12-13-24(28)30/h5-11,16,22H,2-4,12-15,17H2,1H3,(H,26,31)/t22-/m0/s1. The molecule has 0 bridgehead atoms. The van der Waals surface area contributed by atoms with Crippen LogP contribution in [0.4, 0.5) is 5.69 Å². The van der Waals surface area contributed by atoms with Crippen molar-refractivity contribution in [3.63, 3.8) is 0 Å². The number of amides is 3. The Bertz CT molecular complexity index is 967. The van der Waals surface area contributed by atoms with Crippen molar-refractivity contribution in [2.24, 2.45) is 0 Å². The van der Waals surface area contributed by atoms with Crippen LogP contribution >= 0.6 is 0 Å². The quantitative estimate of drug-likeness (QED) is 0.675. The van der Waals surface area contributed by atoms with Gasteiger partial charge in [0.25, 0.3) is 5.91 Å². The first-order valence-corrected chi connectivity index (χ1v) is 11.2. The number of nitrogens with one attached hydrogen (secondary N) is 1. The van der Waals surface area contributed by atoms with Gasteiger partial charge >= 0.3 is 0 Å². The lowest BCUT2D eigenvalue weighted by atomic mass is 10.0. The molecule has 0 radical (unpaired) electrons. The number of hydrogen-bond donors (Lipinski definition) is 1. The molecule has 32 heavy (non-hydrogen) atoms. The Morgan fingerprint density at radius 2 is 1.69 bits per heavy atom. The lowest BCUT2D eigenvalue weighted by Gasteiger charge is -2.35. The summed E-state index contributed by atoms with van der Waals surface area (Å²) < 4.78 is 5.28. The Labute approximate surface area is 188 Å². The summed E-state index contributed by atoms with van der Waals surface area (Å²) in [4.78, 5) is 40.6. The van der Waals surface area contributed by atoms with Crippen LogP contribution < -0.4 is 15.0 Å². The first kappa shape index (κ1) is 22.0. The van der Waals surface area contributed by atoms with Crippen LogP contribution in [0.15, 0.2) is 48.5 Å². The summed E-state index contributed by atoms with van der Waals surface area (Å²) in [6, 6.07) is 14.8. The van der Waals surface area contributed by atoms with Gasteiger partial charge in [-0.05, 0) is 61.8 Å². The second kappa shape index (κ2) is 9.96. The van der Waals surface area contributed by atoms with E-state index in [0.717, 1.165) is 37.2 Å². The van der Waals surface area contributed by atoms with E-state index in [4.69, 9.17) is 4.74 Å². The zero-order chi connectivity index (χ0) is 22.5. The molecule has 3 amide bonds. The number of hydrogen-bond acceptors (Lipinski definition) is 5. The van der Waals surface area contributed by atoms with Crippen LogP contribution in [0.1, 0.15) is 54.1 Å². The van der Waals surface area contributed by atoms with Crippen molar-refractivity contribution in [3.8, 4) is 5.75 Å². The molecule has 168 valence electrons. The second-order valence-electron chi connectivity index (χ2n) is 8.27. The fourth-order valence-corrected chi connectivity index (χ4v) is 4.46. The average molecular weight is 436 g/mol. The molecule has 0 unspecified atom stereocenters. The third-order valence-electron chi connectivity index (χ3n) is 6.21. The maximum Gasteiger partial charge on any atom is 0.251 e. The minimum atomic E-state index is -0.225. The molecule has 0 saturated carbocycles. The fourth-order valence-electron chi connectivity index (χ4n) is 4.46. The molecule has 7 heteroatoms. The molecule has 2 aliphatic rings. The summed E-state index contributed by atoms with van der Waals surface area (Å²) in [5.41, 5.74) is 2.02. The highest BCUT2D eigenvalue weighted by atomic mass is 16.5. The molecule has 2 aromatic carbocycles. The highest BCUT2D eigenvalue weighted by Gasteiger charge is 2.30. The molecule has 2 fully saturated rings. The molecule has 0 spiro atoms. The van der Waals surface area contributed by atoms with E-state index in [9.17, 15) is 14.4 Å². The Balaban J connectivity index is 1.49. The monoisotopic (exact) mass is 435 g/mol. The van der Waals surface area contributed by atoms with Crippen molar-refractivity contribution >= 4 is 23.4 Å². The molecule has 7 nitrogen and oxygen atoms in total. The van der Waals surface area contributed by atoms with E-state index in [1.165, 1.54) is 11.3 Å². The van der Waals surface area contributed by atoms with Gasteiger partial charge in [0.2, 0.25) is 11.8 Å². The van der Waals surface area contributed by atoms with E-state index in [1.807, 2.05) is 12.1 Å². The summed E-state index contributed by atoms with van der Waals surface area (Å²) in [6.45, 7) is 2.47. The van der Waals surface area contributed by atoms with Crippen molar-refractivity contribution in [1.29, 1.82) is 0 Å². The van der Waals surface area contributed by atoms with Crippen molar-refractivity contribution in [3.05, 3.63) is 59.7 Å². The van der Waals surface area contributed by atoms with Crippen LogP contribution in [0, 0.1) is 0 Å². The minimum absolute atomic E-state index is 0.0649. The smallest absolute Gasteiger partial charge is 0.251 e. The van der Waals surface area contributed by atoms with Crippen LogP contribution in [-0.2, 0) is 9.59 Å². The number of imide groups is 1. The average Bonchev–Trinajstić information content (AvgIpc) is 3.18. The van der Waals surface area contributed by atoms with Gasteiger partial charge < -0.3 is 10.1 Å². The summed E-state index contributed by atoms with van der Waals surface area (Å²) >= 11 is 0. The van der Waals surface area contributed by atoms with E-state index in [0.29, 0.717) is 17.8 Å². The number of likely N-dealkylation sites (tertiary alicyclic amines) is 1. The van der Waals surface area contributed by atoms with Crippen molar-refractivity contribution in [2.45, 2.75) is 38.1 Å². The summed E-state index contributed by atoms with van der Waals surface area (Å²) in [5.74, 6) is 0.133. The van der Waals surface area contributed by atoms with Gasteiger partial charge in [-0.2, -0.15) is 0 Å². The van der Waals surface area contributed by atoms with Gasteiger partial charge in [-0.1, -0.05) is 24.6 Å². The van der Waals surface area contributed by atoms with Gasteiger partial charge in [0.1, 0.15) is 5.75 Å². The molecule has 1 atom stereocenters. The third-order valence-corrected chi connectivity index (χ3v) is 6.21. The number of rotatable bonds is 7. The van der Waals surface area contributed by atoms with Crippen molar-refractivity contribution < 1.29 is 19.1 Å². The lowest BCUT2D eigenvalue weighted by molar-refractivity contribution is -0.121. The maximum atomic E-state index is 13.0. The lowest BCUT2D eigenvalue weighted by Crippen LogP contribution is -2.40. The third kappa shape index (κ3) is 4.83. The predicted molar refractivity (Wildman–Crippen MR) is 122 cm³/mol. The number of anilines is 1. The van der Waals surface area contributed by atoms with Crippen LogP contribution in [0.2, 0.25) is 0 Å². The SMILES string of the molecule is COc1ccc([C@H](CNC(=O)c2cccc(N3C(=O)CCC3=O)c2)N2CCCCC2)cc1. The highest BCUT2D eigenvalue weighted by molar-refractivity contribution is 6.20. The number of carbonyl (C=O) groups is 3. The van der Waals surface area contributed by atoms with Gasteiger partial charge in [0, 0.05) is 24.9 Å². The summed E-state index contributed by atoms with van der Waals surface area (Å²) in [6.07, 6.45) is 3.98. The van der Waals surface area contributed by atoms with Gasteiger partial charge in [-0.25, -0.2) is 0 Å². The molecular weight excluding hydrogens is 406 g/mol. The van der Waals surface area contributed by atoms with E-state index >= 15 is 0 Å². The summed E-state index contributed by atoms with van der Waals surface area (Å²) in [5, 5.41) is 3.06. The van der Waals surface area contributed by atoms with Gasteiger partial charge in [-0.3, -0.25) is 24.2 Å². The number of methoxy groups -OCH3 is 1. The molecule has 2 saturated heterocycles. The van der Waals surface area contributed by atoms with Crippen LogP contribution in [0.3, 0.4) is 0 Å². The number of piperidine rings is 1. The molecular formula is C25H29N3O4. The predicted octanol–water partition coefficient (Wildman–Crippen LogP) is 3.31. The number of nitrogens with zero attached hydrogens (tertiary/aromatic N) is 2. The number of ether oxygens (including phenoxy) is 1. The Morgan fingerprint density at radius 1 is 1.00 bits per heavy atom. The molecule has 0 aliphatic carbocycles. The highest BCUT2D eigenvalue weighted by Crippen LogP contribution is 2.27. The van der Waals surface area contributed by atoms with Crippen LogP contribution in [0.25, 0.3) is 0 Å². The zero-order valence-corrected chi connectivity index (χ0v) is 18.4. The Morgan fingerprint density at radius 3 is 2.34 bits per heavy atom. The zero-order valence-electron chi connectivity index (χ0n) is 18.4. The van der Waals surface area contributed by atoms with E-state index in [-0.39, 0.29) is 36.6 Å². The van der Waals surface area contributed by atoms with Gasteiger partial charge in [0.15, 0.2) is 0 Å². The van der Waals surface area contributed by atoms with E-state index in [1.54, 1.807) is 31.4 Å². The molecule has 2 aromatic rings. The van der Waals surface area contributed by atoms with E-state index < -0.39 is 0 Å². The minimum Gasteiger partial charge on any atom is -0.497 e. The van der Waals surface area contributed by atoms with Gasteiger partial charge in [-0.15, -0.1) is 0 Å². The first-order chi connectivity index (χ1) is 15.6. The topological polar surface area (TPSA) is 79.0 Å². The first-order valence-electron chi connectivity index (χ1n) is 11.2. The van der Waals surface area contributed by atoms with Gasteiger partial charge in [0.05, 0.1) is 18.8 Å². The normalized spacial score (nSPS) is 18.0. The Kier molecular flexibility index (Phi) is 6.85. The number of benzene rings is 2. The molecule has 0 aromatic heterocycles. The van der Waals surface area contributed by atoms with Crippen molar-refractivity contribution in [1.82, 2.24) is 10.2 Å². The maximum absolute atomic E-state index is 13.0. The van der Waals surface area contributed by atoms with Crippen molar-refractivity contribution in [2.75, 3.05) is 31.6 Å². The molecule has 1 N–H and O–H groups in total.